The van der Waals surface area contributed by atoms with Crippen molar-refractivity contribution in [3.63, 3.8) is 0 Å². The summed E-state index contributed by atoms with van der Waals surface area (Å²) < 4.78 is 5.39. The van der Waals surface area contributed by atoms with Gasteiger partial charge in [-0.1, -0.05) is 24.3 Å². The van der Waals surface area contributed by atoms with E-state index < -0.39 is 5.97 Å². The van der Waals surface area contributed by atoms with E-state index in [0.29, 0.717) is 30.8 Å². The second-order valence-corrected chi connectivity index (χ2v) is 7.06. The van der Waals surface area contributed by atoms with Crippen LogP contribution >= 0.6 is 0 Å². The van der Waals surface area contributed by atoms with Crippen LogP contribution in [-0.4, -0.2) is 42.1 Å². The van der Waals surface area contributed by atoms with Crippen molar-refractivity contribution in [3.8, 4) is 5.75 Å². The summed E-state index contributed by atoms with van der Waals surface area (Å²) in [5.41, 5.74) is 2.13. The van der Waals surface area contributed by atoms with E-state index >= 15 is 0 Å². The Morgan fingerprint density at radius 3 is 2.61 bits per heavy atom. The number of amides is 1. The van der Waals surface area contributed by atoms with Crippen LogP contribution in [0.5, 0.6) is 5.75 Å². The second kappa shape index (κ2) is 9.26. The Kier molecular flexibility index (Phi) is 6.53. The molecule has 0 aliphatic carbocycles. The molecular weight excluding hydrogens is 356 g/mol. The standard InChI is InChI=1S/C22H26N2O4/c1-28-20-11-5-4-10-19(20)23-18-9-3-2-8-17(18)22(27)24-14-6-7-16(15-24)12-13-21(25)26/h2-5,8-11,16,23H,6-7,12-15H2,1H3,(H,25,26). The number of benzene rings is 2. The molecule has 6 heteroatoms. The molecule has 1 amide bonds. The van der Waals surface area contributed by atoms with Gasteiger partial charge in [-0.15, -0.1) is 0 Å². The summed E-state index contributed by atoms with van der Waals surface area (Å²) in [7, 11) is 1.61. The number of para-hydroxylation sites is 3. The first-order chi connectivity index (χ1) is 13.6. The van der Waals surface area contributed by atoms with Gasteiger partial charge in [0.25, 0.3) is 5.91 Å². The number of carbonyl (C=O) groups is 2. The Hall–Kier alpha value is -3.02. The van der Waals surface area contributed by atoms with E-state index in [1.54, 1.807) is 7.11 Å². The second-order valence-electron chi connectivity index (χ2n) is 7.06. The smallest absolute Gasteiger partial charge is 0.303 e. The number of likely N-dealkylation sites (tertiary alicyclic amines) is 1. The monoisotopic (exact) mass is 382 g/mol. The Bertz CT molecular complexity index is 837. The predicted molar refractivity (Wildman–Crippen MR) is 108 cm³/mol. The van der Waals surface area contributed by atoms with Crippen molar-refractivity contribution in [2.45, 2.75) is 25.7 Å². The number of nitrogens with zero attached hydrogens (tertiary/aromatic N) is 1. The van der Waals surface area contributed by atoms with Crippen LogP contribution in [-0.2, 0) is 4.79 Å². The third-order valence-electron chi connectivity index (χ3n) is 5.11. The van der Waals surface area contributed by atoms with Gasteiger partial charge in [0.2, 0.25) is 0 Å². The molecule has 28 heavy (non-hydrogen) atoms. The van der Waals surface area contributed by atoms with E-state index in [-0.39, 0.29) is 18.2 Å². The first-order valence-corrected chi connectivity index (χ1v) is 9.58. The van der Waals surface area contributed by atoms with Crippen molar-refractivity contribution in [3.05, 3.63) is 54.1 Å². The Morgan fingerprint density at radius 1 is 1.14 bits per heavy atom. The lowest BCUT2D eigenvalue weighted by Crippen LogP contribution is -2.40. The molecule has 0 bridgehead atoms. The van der Waals surface area contributed by atoms with Crippen molar-refractivity contribution in [2.24, 2.45) is 5.92 Å². The molecule has 6 nitrogen and oxygen atoms in total. The number of carbonyl (C=O) groups excluding carboxylic acids is 1. The largest absolute Gasteiger partial charge is 0.495 e. The van der Waals surface area contributed by atoms with Crippen LogP contribution in [0.25, 0.3) is 0 Å². The SMILES string of the molecule is COc1ccccc1Nc1ccccc1C(=O)N1CCCC(CCC(=O)O)C1. The van der Waals surface area contributed by atoms with Gasteiger partial charge in [0.05, 0.1) is 24.0 Å². The number of rotatable bonds is 7. The van der Waals surface area contributed by atoms with E-state index in [0.717, 1.165) is 24.2 Å². The Labute approximate surface area is 165 Å². The number of hydrogen-bond acceptors (Lipinski definition) is 4. The third-order valence-corrected chi connectivity index (χ3v) is 5.11. The van der Waals surface area contributed by atoms with E-state index in [9.17, 15) is 9.59 Å². The van der Waals surface area contributed by atoms with Gasteiger partial charge in [0.15, 0.2) is 0 Å². The number of anilines is 2. The fraction of sp³-hybridized carbons (Fsp3) is 0.364. The van der Waals surface area contributed by atoms with Crippen molar-refractivity contribution < 1.29 is 19.4 Å². The van der Waals surface area contributed by atoms with Gasteiger partial charge in [-0.2, -0.15) is 0 Å². The lowest BCUT2D eigenvalue weighted by atomic mass is 9.93. The maximum absolute atomic E-state index is 13.2. The van der Waals surface area contributed by atoms with E-state index in [1.165, 1.54) is 0 Å². The summed E-state index contributed by atoms with van der Waals surface area (Å²) in [6, 6.07) is 15.0. The number of aliphatic carboxylic acids is 1. The molecule has 0 spiro atoms. The highest BCUT2D eigenvalue weighted by Gasteiger charge is 2.26. The summed E-state index contributed by atoms with van der Waals surface area (Å²) in [6.07, 6.45) is 2.63. The molecule has 1 saturated heterocycles. The van der Waals surface area contributed by atoms with Gasteiger partial charge in [-0.3, -0.25) is 9.59 Å². The zero-order valence-corrected chi connectivity index (χ0v) is 16.1. The zero-order chi connectivity index (χ0) is 19.9. The normalized spacial score (nSPS) is 16.5. The van der Waals surface area contributed by atoms with Crippen LogP contribution in [0.3, 0.4) is 0 Å². The van der Waals surface area contributed by atoms with E-state index in [4.69, 9.17) is 9.84 Å². The topological polar surface area (TPSA) is 78.9 Å². The maximum atomic E-state index is 13.2. The molecule has 2 aromatic carbocycles. The predicted octanol–water partition coefficient (Wildman–Crippen LogP) is 4.16. The number of nitrogens with one attached hydrogen (secondary N) is 1. The molecule has 1 aliphatic heterocycles. The fourth-order valence-corrected chi connectivity index (χ4v) is 3.65. The van der Waals surface area contributed by atoms with Gasteiger partial charge in [-0.25, -0.2) is 0 Å². The molecule has 148 valence electrons. The maximum Gasteiger partial charge on any atom is 0.303 e. The van der Waals surface area contributed by atoms with Crippen molar-refractivity contribution >= 4 is 23.3 Å². The first kappa shape index (κ1) is 19.7. The van der Waals surface area contributed by atoms with Crippen molar-refractivity contribution in [1.82, 2.24) is 4.90 Å². The highest BCUT2D eigenvalue weighted by Crippen LogP contribution is 2.30. The van der Waals surface area contributed by atoms with Gasteiger partial charge < -0.3 is 20.1 Å². The van der Waals surface area contributed by atoms with Gasteiger partial charge in [-0.05, 0) is 49.4 Å². The van der Waals surface area contributed by atoms with Gasteiger partial charge in [0.1, 0.15) is 5.75 Å². The summed E-state index contributed by atoms with van der Waals surface area (Å²) in [5, 5.41) is 12.2. The lowest BCUT2D eigenvalue weighted by molar-refractivity contribution is -0.137. The van der Waals surface area contributed by atoms with Crippen LogP contribution in [0.2, 0.25) is 0 Å². The molecule has 1 unspecified atom stereocenters. The van der Waals surface area contributed by atoms with Crippen molar-refractivity contribution in [2.75, 3.05) is 25.5 Å². The first-order valence-electron chi connectivity index (χ1n) is 9.58. The molecule has 0 saturated carbocycles. The molecule has 1 fully saturated rings. The number of hydrogen-bond donors (Lipinski definition) is 2. The minimum Gasteiger partial charge on any atom is -0.495 e. The van der Waals surface area contributed by atoms with Gasteiger partial charge >= 0.3 is 5.97 Å². The zero-order valence-electron chi connectivity index (χ0n) is 16.1. The third kappa shape index (κ3) is 4.82. The quantitative estimate of drug-likeness (QED) is 0.752. The molecule has 1 heterocycles. The Balaban J connectivity index is 1.76. The molecule has 3 rings (SSSR count). The summed E-state index contributed by atoms with van der Waals surface area (Å²) in [6.45, 7) is 1.31. The summed E-state index contributed by atoms with van der Waals surface area (Å²) >= 11 is 0. The average Bonchev–Trinajstić information content (AvgIpc) is 2.73. The highest BCUT2D eigenvalue weighted by atomic mass is 16.5. The van der Waals surface area contributed by atoms with Crippen LogP contribution in [0.1, 0.15) is 36.0 Å². The van der Waals surface area contributed by atoms with Crippen LogP contribution in [0.4, 0.5) is 11.4 Å². The van der Waals surface area contributed by atoms with Gasteiger partial charge in [0, 0.05) is 19.5 Å². The van der Waals surface area contributed by atoms with Crippen molar-refractivity contribution in [1.29, 1.82) is 0 Å². The molecule has 1 aliphatic rings. The minimum absolute atomic E-state index is 0.0296. The molecular formula is C22H26N2O4. The van der Waals surface area contributed by atoms with Crippen LogP contribution < -0.4 is 10.1 Å². The fourth-order valence-electron chi connectivity index (χ4n) is 3.65. The van der Waals surface area contributed by atoms with E-state index in [2.05, 4.69) is 5.32 Å². The minimum atomic E-state index is -0.783. The van der Waals surface area contributed by atoms with Crippen LogP contribution in [0, 0.1) is 5.92 Å². The highest BCUT2D eigenvalue weighted by molar-refractivity contribution is 6.00. The summed E-state index contributed by atoms with van der Waals surface area (Å²) in [5.74, 6) is 0.132. The van der Waals surface area contributed by atoms with E-state index in [1.807, 2.05) is 53.4 Å². The number of methoxy groups -OCH3 is 1. The molecule has 2 N–H and O–H groups in total. The number of carboxylic acids is 1. The number of piperidine rings is 1. The molecule has 0 radical (unpaired) electrons. The molecule has 1 atom stereocenters. The average molecular weight is 382 g/mol. The summed E-state index contributed by atoms with van der Waals surface area (Å²) in [4.78, 5) is 25.9. The number of ether oxygens (including phenoxy) is 1. The lowest BCUT2D eigenvalue weighted by Gasteiger charge is -2.33. The molecule has 0 aromatic heterocycles. The molecule has 2 aromatic rings. The van der Waals surface area contributed by atoms with Crippen LogP contribution in [0.15, 0.2) is 48.5 Å². The number of carboxylic acid groups (broad SMARTS) is 1. The Morgan fingerprint density at radius 2 is 1.86 bits per heavy atom.